The van der Waals surface area contributed by atoms with E-state index in [-0.39, 0.29) is 21.0 Å². The number of sulfonamides is 1. The fourth-order valence-corrected chi connectivity index (χ4v) is 5.12. The summed E-state index contributed by atoms with van der Waals surface area (Å²) >= 11 is 6.05. The minimum absolute atomic E-state index is 0.0647. The lowest BCUT2D eigenvalue weighted by Crippen LogP contribution is -2.54. The molecule has 1 fully saturated rings. The molecule has 2 atom stereocenters. The zero-order chi connectivity index (χ0) is 21.5. The van der Waals surface area contributed by atoms with Crippen molar-refractivity contribution < 1.29 is 17.8 Å². The lowest BCUT2D eigenvalue weighted by molar-refractivity contribution is 0.315. The summed E-state index contributed by atoms with van der Waals surface area (Å²) in [7, 11) is -2.52. The van der Waals surface area contributed by atoms with Gasteiger partial charge in [-0.25, -0.2) is 13.0 Å². The number of halogens is 1. The third kappa shape index (κ3) is 3.90. The first-order valence-corrected chi connectivity index (χ1v) is 11.3. The van der Waals surface area contributed by atoms with Crippen molar-refractivity contribution in [2.24, 2.45) is 0 Å². The fraction of sp³-hybridized carbons (Fsp3) is 0.368. The Morgan fingerprint density at radius 2 is 1.87 bits per heavy atom. The van der Waals surface area contributed by atoms with Gasteiger partial charge in [0.05, 0.1) is 17.8 Å². The van der Waals surface area contributed by atoms with Crippen LogP contribution in [0.15, 0.2) is 39.9 Å². The molecule has 0 spiro atoms. The van der Waals surface area contributed by atoms with Gasteiger partial charge < -0.3 is 15.0 Å². The molecule has 1 aliphatic rings. The second-order valence-corrected chi connectivity index (χ2v) is 9.43. The molecule has 30 heavy (non-hydrogen) atoms. The molecule has 0 bridgehead atoms. The van der Waals surface area contributed by atoms with Crippen molar-refractivity contribution in [1.29, 1.82) is 0 Å². The molecular formula is C19H22ClN5O4S. The molecule has 0 amide bonds. The first kappa shape index (κ1) is 20.7. The third-order valence-electron chi connectivity index (χ3n) is 4.97. The van der Waals surface area contributed by atoms with Gasteiger partial charge in [-0.1, -0.05) is 11.6 Å². The van der Waals surface area contributed by atoms with E-state index in [1.165, 1.54) is 19.2 Å². The Morgan fingerprint density at radius 3 is 2.57 bits per heavy atom. The standard InChI is InChI=1S/C19H22ClN5O4S/c1-11-9-25(10-12(2)21-11)13-4-6-16(28-3)15(8-13)24-30(26,27)17-7-5-14(20)18-19(17)23-29-22-18/h4-8,11-12,21,24H,9-10H2,1-3H3/t11-,12+. The molecule has 0 aliphatic carbocycles. The topological polar surface area (TPSA) is 110 Å². The Kier molecular flexibility index (Phi) is 5.48. The summed E-state index contributed by atoms with van der Waals surface area (Å²) in [6.45, 7) is 5.86. The van der Waals surface area contributed by atoms with E-state index in [0.29, 0.717) is 23.5 Å². The third-order valence-corrected chi connectivity index (χ3v) is 6.67. The predicted octanol–water partition coefficient (Wildman–Crippen LogP) is 2.87. The molecule has 0 saturated carbocycles. The van der Waals surface area contributed by atoms with Gasteiger partial charge >= 0.3 is 0 Å². The normalized spacial score (nSPS) is 19.8. The average Bonchev–Trinajstić information content (AvgIpc) is 3.17. The Morgan fingerprint density at radius 1 is 1.17 bits per heavy atom. The largest absolute Gasteiger partial charge is 0.495 e. The highest BCUT2D eigenvalue weighted by Crippen LogP contribution is 2.34. The monoisotopic (exact) mass is 451 g/mol. The number of benzene rings is 2. The van der Waals surface area contributed by atoms with Gasteiger partial charge in [0, 0.05) is 30.9 Å². The van der Waals surface area contributed by atoms with Gasteiger partial charge in [-0.2, -0.15) is 0 Å². The SMILES string of the molecule is COc1ccc(N2C[C@@H](C)N[C@@H](C)C2)cc1NS(=O)(=O)c1ccc(Cl)c2nonc12. The molecule has 0 unspecified atom stereocenters. The van der Waals surface area contributed by atoms with Crippen LogP contribution in [0.3, 0.4) is 0 Å². The van der Waals surface area contributed by atoms with Crippen molar-refractivity contribution in [2.75, 3.05) is 29.8 Å². The molecule has 2 N–H and O–H groups in total. The molecular weight excluding hydrogens is 430 g/mol. The van der Waals surface area contributed by atoms with Gasteiger partial charge in [0.15, 0.2) is 11.0 Å². The van der Waals surface area contributed by atoms with E-state index in [2.05, 4.69) is 43.7 Å². The Bertz CT molecular complexity index is 1170. The number of ether oxygens (including phenoxy) is 1. The molecule has 2 heterocycles. The van der Waals surface area contributed by atoms with Crippen LogP contribution in [0, 0.1) is 0 Å². The molecule has 9 nitrogen and oxygen atoms in total. The molecule has 1 saturated heterocycles. The van der Waals surface area contributed by atoms with Gasteiger partial charge in [0.2, 0.25) is 0 Å². The smallest absolute Gasteiger partial charge is 0.264 e. The van der Waals surface area contributed by atoms with Crippen LogP contribution in [0.25, 0.3) is 11.0 Å². The van der Waals surface area contributed by atoms with Crippen LogP contribution in [0.4, 0.5) is 11.4 Å². The summed E-state index contributed by atoms with van der Waals surface area (Å²) in [5.41, 5.74) is 1.48. The lowest BCUT2D eigenvalue weighted by atomic mass is 10.1. The zero-order valence-electron chi connectivity index (χ0n) is 16.7. The minimum atomic E-state index is -4.01. The summed E-state index contributed by atoms with van der Waals surface area (Å²) < 4.78 is 39.0. The first-order valence-electron chi connectivity index (χ1n) is 9.41. The van der Waals surface area contributed by atoms with E-state index in [1.807, 2.05) is 6.07 Å². The van der Waals surface area contributed by atoms with Crippen molar-refractivity contribution in [2.45, 2.75) is 30.8 Å². The van der Waals surface area contributed by atoms with Crippen molar-refractivity contribution in [1.82, 2.24) is 15.6 Å². The maximum absolute atomic E-state index is 13.1. The number of rotatable bonds is 5. The van der Waals surface area contributed by atoms with Crippen LogP contribution in [0.5, 0.6) is 5.75 Å². The van der Waals surface area contributed by atoms with Crippen LogP contribution in [0.2, 0.25) is 5.02 Å². The van der Waals surface area contributed by atoms with E-state index >= 15 is 0 Å². The number of methoxy groups -OCH3 is 1. The van der Waals surface area contributed by atoms with Gasteiger partial charge in [-0.15, -0.1) is 0 Å². The number of piperazine rings is 1. The molecule has 11 heteroatoms. The van der Waals surface area contributed by atoms with Crippen LogP contribution in [-0.2, 0) is 10.0 Å². The highest BCUT2D eigenvalue weighted by molar-refractivity contribution is 7.93. The number of fused-ring (bicyclic) bond motifs is 1. The summed E-state index contributed by atoms with van der Waals surface area (Å²) in [5, 5.41) is 11.1. The summed E-state index contributed by atoms with van der Waals surface area (Å²) in [6.07, 6.45) is 0. The molecule has 2 aromatic carbocycles. The van der Waals surface area contributed by atoms with Crippen LogP contribution < -0.4 is 19.7 Å². The van der Waals surface area contributed by atoms with Crippen molar-refractivity contribution in [3.63, 3.8) is 0 Å². The van der Waals surface area contributed by atoms with Crippen LogP contribution >= 0.6 is 11.6 Å². The summed E-state index contributed by atoms with van der Waals surface area (Å²) in [6, 6.07) is 8.89. The molecule has 4 rings (SSSR count). The number of aromatic nitrogens is 2. The second kappa shape index (κ2) is 7.93. The van der Waals surface area contributed by atoms with Gasteiger partial charge in [0.25, 0.3) is 10.0 Å². The van der Waals surface area contributed by atoms with E-state index in [1.54, 1.807) is 12.1 Å². The average molecular weight is 452 g/mol. The van der Waals surface area contributed by atoms with E-state index in [9.17, 15) is 8.42 Å². The van der Waals surface area contributed by atoms with E-state index in [0.717, 1.165) is 18.8 Å². The summed E-state index contributed by atoms with van der Waals surface area (Å²) in [5.74, 6) is 0.405. The number of anilines is 2. The number of nitrogens with one attached hydrogen (secondary N) is 2. The molecule has 1 aliphatic heterocycles. The summed E-state index contributed by atoms with van der Waals surface area (Å²) in [4.78, 5) is 2.13. The van der Waals surface area contributed by atoms with Crippen molar-refractivity contribution >= 4 is 44.0 Å². The first-order chi connectivity index (χ1) is 14.3. The molecule has 1 aromatic heterocycles. The van der Waals surface area contributed by atoms with E-state index < -0.39 is 10.0 Å². The fourth-order valence-electron chi connectivity index (χ4n) is 3.74. The zero-order valence-corrected chi connectivity index (χ0v) is 18.3. The maximum atomic E-state index is 13.1. The number of nitrogens with zero attached hydrogens (tertiary/aromatic N) is 3. The van der Waals surface area contributed by atoms with Crippen LogP contribution in [-0.4, -0.2) is 51.0 Å². The highest BCUT2D eigenvalue weighted by Gasteiger charge is 2.25. The Balaban J connectivity index is 1.71. The molecule has 0 radical (unpaired) electrons. The van der Waals surface area contributed by atoms with Crippen molar-refractivity contribution in [3.05, 3.63) is 35.4 Å². The van der Waals surface area contributed by atoms with Crippen molar-refractivity contribution in [3.8, 4) is 5.75 Å². The van der Waals surface area contributed by atoms with Gasteiger partial charge in [0.1, 0.15) is 10.6 Å². The van der Waals surface area contributed by atoms with Crippen LogP contribution in [0.1, 0.15) is 13.8 Å². The van der Waals surface area contributed by atoms with Gasteiger partial charge in [-0.3, -0.25) is 4.72 Å². The molecule has 3 aromatic rings. The van der Waals surface area contributed by atoms with E-state index in [4.69, 9.17) is 16.3 Å². The maximum Gasteiger partial charge on any atom is 0.264 e. The van der Waals surface area contributed by atoms with Gasteiger partial charge in [-0.05, 0) is 54.5 Å². The predicted molar refractivity (Wildman–Crippen MR) is 115 cm³/mol. The number of hydrogen-bond donors (Lipinski definition) is 2. The number of hydrogen-bond acceptors (Lipinski definition) is 8. The lowest BCUT2D eigenvalue weighted by Gasteiger charge is -2.38. The minimum Gasteiger partial charge on any atom is -0.495 e. The highest BCUT2D eigenvalue weighted by atomic mass is 35.5. The second-order valence-electron chi connectivity index (χ2n) is 7.37. The molecule has 160 valence electrons. The quantitative estimate of drug-likeness (QED) is 0.609. The Labute approximate surface area is 179 Å². The Hall–Kier alpha value is -2.56.